The Morgan fingerprint density at radius 1 is 1.21 bits per heavy atom. The molecule has 0 aromatic carbocycles. The Morgan fingerprint density at radius 2 is 2.00 bits per heavy atom. The minimum absolute atomic E-state index is 0.152. The normalized spacial score (nSPS) is 27.2. The molecular weight excluding hydrogens is 352 g/mol. The number of nitrogens with one attached hydrogen (secondary N) is 2. The summed E-state index contributed by atoms with van der Waals surface area (Å²) in [4.78, 5) is 11.8. The highest BCUT2D eigenvalue weighted by molar-refractivity contribution is 5.54. The smallest absolute Gasteiger partial charge is 0.227 e. The summed E-state index contributed by atoms with van der Waals surface area (Å²) in [5.74, 6) is 3.08. The van der Waals surface area contributed by atoms with Gasteiger partial charge in [0.1, 0.15) is 5.82 Å². The standard InChI is InChI=1S/C21H30N6O/c1-20(2,28-3)21-9-6-15(7-10-21)27(13-21)19-22-11-8-17(24-19)23-18-12-16(25-26-18)14-4-5-14/h8,11-12,14-15H,4-7,9-10,13H2,1-3H3,(H2,22,23,24,25,26). The van der Waals surface area contributed by atoms with Crippen LogP contribution in [0.5, 0.6) is 0 Å². The Morgan fingerprint density at radius 3 is 2.71 bits per heavy atom. The fourth-order valence-corrected chi connectivity index (χ4v) is 5.01. The number of aromatic nitrogens is 4. The summed E-state index contributed by atoms with van der Waals surface area (Å²) >= 11 is 0. The third kappa shape index (κ3) is 2.96. The van der Waals surface area contributed by atoms with Crippen molar-refractivity contribution >= 4 is 17.6 Å². The number of anilines is 3. The number of methoxy groups -OCH3 is 1. The molecule has 7 heteroatoms. The van der Waals surface area contributed by atoms with Crippen LogP contribution in [-0.4, -0.2) is 45.5 Å². The third-order valence-electron chi connectivity index (χ3n) is 7.38. The highest BCUT2D eigenvalue weighted by Gasteiger charge is 2.53. The van der Waals surface area contributed by atoms with Crippen molar-refractivity contribution in [3.8, 4) is 0 Å². The van der Waals surface area contributed by atoms with E-state index in [1.807, 2.05) is 19.4 Å². The van der Waals surface area contributed by atoms with Crippen molar-refractivity contribution < 1.29 is 4.74 Å². The van der Waals surface area contributed by atoms with Gasteiger partial charge in [0.15, 0.2) is 5.82 Å². The number of piperidine rings is 2. The summed E-state index contributed by atoms with van der Waals surface area (Å²) in [6.45, 7) is 5.41. The van der Waals surface area contributed by atoms with Gasteiger partial charge in [0.2, 0.25) is 5.95 Å². The van der Waals surface area contributed by atoms with Crippen LogP contribution in [0.1, 0.15) is 64.0 Å². The van der Waals surface area contributed by atoms with E-state index >= 15 is 0 Å². The molecule has 28 heavy (non-hydrogen) atoms. The van der Waals surface area contributed by atoms with Crippen LogP contribution in [-0.2, 0) is 4.74 Å². The van der Waals surface area contributed by atoms with Crippen LogP contribution in [0.25, 0.3) is 0 Å². The van der Waals surface area contributed by atoms with Crippen molar-refractivity contribution in [2.24, 2.45) is 5.41 Å². The van der Waals surface area contributed by atoms with E-state index in [9.17, 15) is 0 Å². The lowest BCUT2D eigenvalue weighted by molar-refractivity contribution is -0.115. The number of nitrogens with zero attached hydrogens (tertiary/aromatic N) is 4. The predicted molar refractivity (Wildman–Crippen MR) is 109 cm³/mol. The predicted octanol–water partition coefficient (Wildman–Crippen LogP) is 3.99. The van der Waals surface area contributed by atoms with Gasteiger partial charge in [0.25, 0.3) is 0 Å². The summed E-state index contributed by atoms with van der Waals surface area (Å²) < 4.78 is 5.92. The minimum Gasteiger partial charge on any atom is -0.378 e. The third-order valence-corrected chi connectivity index (χ3v) is 7.38. The maximum atomic E-state index is 5.92. The summed E-state index contributed by atoms with van der Waals surface area (Å²) in [6.07, 6.45) is 9.14. The molecule has 2 aromatic rings. The second-order valence-corrected chi connectivity index (χ2v) is 9.20. The molecule has 2 aromatic heterocycles. The molecule has 2 aliphatic carbocycles. The summed E-state index contributed by atoms with van der Waals surface area (Å²) in [7, 11) is 1.83. The fourth-order valence-electron chi connectivity index (χ4n) is 5.01. The molecule has 0 spiro atoms. The first kappa shape index (κ1) is 17.9. The number of aromatic amines is 1. The van der Waals surface area contributed by atoms with Gasteiger partial charge in [0, 0.05) is 49.0 Å². The van der Waals surface area contributed by atoms with E-state index in [2.05, 4.69) is 45.3 Å². The largest absolute Gasteiger partial charge is 0.378 e. The minimum atomic E-state index is -0.152. The Labute approximate surface area is 166 Å². The molecule has 4 aliphatic rings. The van der Waals surface area contributed by atoms with Gasteiger partial charge in [-0.3, -0.25) is 5.10 Å². The summed E-state index contributed by atoms with van der Waals surface area (Å²) in [6, 6.07) is 4.53. The van der Waals surface area contributed by atoms with Gasteiger partial charge in [-0.2, -0.15) is 10.1 Å². The Balaban J connectivity index is 1.37. The number of rotatable bonds is 6. The van der Waals surface area contributed by atoms with E-state index < -0.39 is 0 Å². The number of H-pyrrole nitrogens is 1. The van der Waals surface area contributed by atoms with Crippen LogP contribution < -0.4 is 10.2 Å². The molecule has 0 radical (unpaired) electrons. The van der Waals surface area contributed by atoms with E-state index in [4.69, 9.17) is 9.72 Å². The van der Waals surface area contributed by atoms with Gasteiger partial charge in [0.05, 0.1) is 5.60 Å². The Hall–Kier alpha value is -2.15. The fraction of sp³-hybridized carbons (Fsp3) is 0.667. The molecule has 150 valence electrons. The molecular formula is C21H30N6O. The molecule has 0 amide bonds. The molecule has 6 rings (SSSR count). The van der Waals surface area contributed by atoms with Gasteiger partial charge in [-0.05, 0) is 58.4 Å². The second-order valence-electron chi connectivity index (χ2n) is 9.20. The van der Waals surface area contributed by atoms with Crippen LogP contribution >= 0.6 is 0 Å². The Kier molecular flexibility index (Phi) is 4.12. The monoisotopic (exact) mass is 382 g/mol. The van der Waals surface area contributed by atoms with Gasteiger partial charge >= 0.3 is 0 Å². The molecule has 2 saturated carbocycles. The topological polar surface area (TPSA) is 79.0 Å². The second kappa shape index (κ2) is 6.44. The molecule has 4 fully saturated rings. The van der Waals surface area contributed by atoms with E-state index in [0.29, 0.717) is 12.0 Å². The van der Waals surface area contributed by atoms with E-state index in [0.717, 1.165) is 24.1 Å². The lowest BCUT2D eigenvalue weighted by atomic mass is 9.60. The quantitative estimate of drug-likeness (QED) is 0.786. The number of ether oxygens (including phenoxy) is 1. The lowest BCUT2D eigenvalue weighted by Gasteiger charge is -2.58. The zero-order valence-electron chi connectivity index (χ0n) is 17.0. The first-order chi connectivity index (χ1) is 13.5. The van der Waals surface area contributed by atoms with Gasteiger partial charge in [-0.1, -0.05) is 0 Å². The molecule has 2 aliphatic heterocycles. The number of hydrogen-bond donors (Lipinski definition) is 2. The summed E-state index contributed by atoms with van der Waals surface area (Å²) in [5, 5.41) is 10.9. The van der Waals surface area contributed by atoms with Gasteiger partial charge in [-0.25, -0.2) is 4.98 Å². The first-order valence-electron chi connectivity index (χ1n) is 10.5. The van der Waals surface area contributed by atoms with Crippen molar-refractivity contribution in [1.29, 1.82) is 0 Å². The van der Waals surface area contributed by atoms with Crippen molar-refractivity contribution in [3.05, 3.63) is 24.0 Å². The molecule has 0 atom stereocenters. The average molecular weight is 383 g/mol. The van der Waals surface area contributed by atoms with Crippen LogP contribution in [0, 0.1) is 5.41 Å². The van der Waals surface area contributed by atoms with Crippen molar-refractivity contribution in [2.75, 3.05) is 23.9 Å². The highest BCUT2D eigenvalue weighted by atomic mass is 16.5. The number of hydrogen-bond acceptors (Lipinski definition) is 6. The number of fused-ring (bicyclic) bond motifs is 3. The maximum Gasteiger partial charge on any atom is 0.227 e. The van der Waals surface area contributed by atoms with E-state index in [-0.39, 0.29) is 11.0 Å². The molecule has 2 bridgehead atoms. The van der Waals surface area contributed by atoms with Crippen molar-refractivity contribution in [2.45, 2.75) is 69.9 Å². The zero-order valence-corrected chi connectivity index (χ0v) is 17.0. The average Bonchev–Trinajstić information content (AvgIpc) is 3.48. The molecule has 7 nitrogen and oxygen atoms in total. The van der Waals surface area contributed by atoms with Crippen molar-refractivity contribution in [3.63, 3.8) is 0 Å². The van der Waals surface area contributed by atoms with E-state index in [1.54, 1.807) is 0 Å². The summed E-state index contributed by atoms with van der Waals surface area (Å²) in [5.41, 5.74) is 1.22. The van der Waals surface area contributed by atoms with Gasteiger partial charge in [-0.15, -0.1) is 0 Å². The van der Waals surface area contributed by atoms with E-state index in [1.165, 1.54) is 44.2 Å². The van der Waals surface area contributed by atoms with Crippen LogP contribution in [0.3, 0.4) is 0 Å². The molecule has 2 saturated heterocycles. The van der Waals surface area contributed by atoms with Crippen LogP contribution in [0.2, 0.25) is 0 Å². The molecule has 2 N–H and O–H groups in total. The van der Waals surface area contributed by atoms with Crippen LogP contribution in [0.15, 0.2) is 18.3 Å². The first-order valence-corrected chi connectivity index (χ1v) is 10.5. The van der Waals surface area contributed by atoms with Crippen LogP contribution in [0.4, 0.5) is 17.6 Å². The zero-order chi connectivity index (χ0) is 19.4. The Bertz CT molecular complexity index is 850. The van der Waals surface area contributed by atoms with Crippen molar-refractivity contribution in [1.82, 2.24) is 20.2 Å². The molecule has 0 unspecified atom stereocenters. The van der Waals surface area contributed by atoms with Gasteiger partial charge < -0.3 is 15.0 Å². The highest BCUT2D eigenvalue weighted by Crippen LogP contribution is 2.52. The SMILES string of the molecule is COC(C)(C)C12CCC(CC1)N(c1nccc(Nc3cc(C4CC4)[nH]n3)n1)C2. The maximum absolute atomic E-state index is 5.92. The molecule has 4 heterocycles. The lowest BCUT2D eigenvalue weighted by Crippen LogP contribution is -2.62.